The van der Waals surface area contributed by atoms with Crippen LogP contribution in [0.2, 0.25) is 0 Å². The highest BCUT2D eigenvalue weighted by atomic mass is 32.2. The minimum absolute atomic E-state index is 0.0390. The Labute approximate surface area is 89.9 Å². The molecule has 0 aromatic heterocycles. The highest BCUT2D eigenvalue weighted by molar-refractivity contribution is 7.89. The predicted octanol–water partition coefficient (Wildman–Crippen LogP) is -0.206. The van der Waals surface area contributed by atoms with Gasteiger partial charge in [0, 0.05) is 18.1 Å². The van der Waals surface area contributed by atoms with Crippen LogP contribution in [-0.4, -0.2) is 36.6 Å². The summed E-state index contributed by atoms with van der Waals surface area (Å²) in [7, 11) is -3.38. The van der Waals surface area contributed by atoms with Crippen molar-refractivity contribution in [2.75, 3.05) is 5.75 Å². The number of nitriles is 1. The molecule has 2 unspecified atom stereocenters. The van der Waals surface area contributed by atoms with Crippen molar-refractivity contribution in [3.8, 4) is 6.07 Å². The van der Waals surface area contributed by atoms with E-state index < -0.39 is 15.8 Å². The first-order valence-electron chi connectivity index (χ1n) is 5.18. The zero-order chi connectivity index (χ0) is 11.1. The van der Waals surface area contributed by atoms with E-state index in [0.29, 0.717) is 0 Å². The summed E-state index contributed by atoms with van der Waals surface area (Å²) in [6.45, 7) is 0. The summed E-state index contributed by atoms with van der Waals surface area (Å²) in [5, 5.41) is 8.50. The summed E-state index contributed by atoms with van der Waals surface area (Å²) >= 11 is 0. The van der Waals surface area contributed by atoms with Crippen LogP contribution in [-0.2, 0) is 10.0 Å². The second-order valence-electron chi connectivity index (χ2n) is 4.36. The van der Waals surface area contributed by atoms with Gasteiger partial charge in [0.05, 0.1) is 6.07 Å². The zero-order valence-electron chi connectivity index (χ0n) is 8.46. The van der Waals surface area contributed by atoms with Crippen molar-refractivity contribution in [3.05, 3.63) is 0 Å². The number of sulfonamides is 1. The van der Waals surface area contributed by atoms with Gasteiger partial charge in [0.15, 0.2) is 5.75 Å². The molecule has 2 saturated heterocycles. The molecule has 5 nitrogen and oxygen atoms in total. The molecule has 2 heterocycles. The summed E-state index contributed by atoms with van der Waals surface area (Å²) in [6.07, 6.45) is 3.26. The van der Waals surface area contributed by atoms with Gasteiger partial charge in [-0.05, 0) is 25.7 Å². The SMILES string of the molecule is N#CCS(=O)(=O)N1C2CCC1CC(N)C2. The monoisotopic (exact) mass is 229 g/mol. The Morgan fingerprint density at radius 1 is 1.33 bits per heavy atom. The average molecular weight is 229 g/mol. The van der Waals surface area contributed by atoms with Crippen LogP contribution in [0, 0.1) is 11.3 Å². The Kier molecular flexibility index (Phi) is 2.71. The smallest absolute Gasteiger partial charge is 0.228 e. The molecule has 0 amide bonds. The molecule has 84 valence electrons. The van der Waals surface area contributed by atoms with E-state index in [4.69, 9.17) is 11.0 Å². The minimum atomic E-state index is -3.38. The largest absolute Gasteiger partial charge is 0.328 e. The molecule has 2 fully saturated rings. The molecule has 15 heavy (non-hydrogen) atoms. The molecular formula is C9H15N3O2S. The number of nitrogens with two attached hydrogens (primary N) is 1. The molecule has 0 radical (unpaired) electrons. The molecule has 2 atom stereocenters. The molecular weight excluding hydrogens is 214 g/mol. The number of fused-ring (bicyclic) bond motifs is 2. The molecule has 0 aliphatic carbocycles. The summed E-state index contributed by atoms with van der Waals surface area (Å²) in [6, 6.07) is 1.92. The van der Waals surface area contributed by atoms with Crippen LogP contribution in [0.15, 0.2) is 0 Å². The van der Waals surface area contributed by atoms with Crippen molar-refractivity contribution >= 4 is 10.0 Å². The van der Waals surface area contributed by atoms with E-state index in [-0.39, 0.29) is 18.1 Å². The highest BCUT2D eigenvalue weighted by Gasteiger charge is 2.45. The second kappa shape index (κ2) is 3.74. The Balaban J connectivity index is 2.22. The van der Waals surface area contributed by atoms with Crippen molar-refractivity contribution in [1.82, 2.24) is 4.31 Å². The molecule has 2 bridgehead atoms. The minimum Gasteiger partial charge on any atom is -0.328 e. The summed E-state index contributed by atoms with van der Waals surface area (Å²) < 4.78 is 25.2. The summed E-state index contributed by atoms with van der Waals surface area (Å²) in [5.74, 6) is -0.408. The molecule has 2 N–H and O–H groups in total. The van der Waals surface area contributed by atoms with Gasteiger partial charge in [-0.1, -0.05) is 0 Å². The van der Waals surface area contributed by atoms with Crippen molar-refractivity contribution < 1.29 is 8.42 Å². The van der Waals surface area contributed by atoms with Gasteiger partial charge < -0.3 is 5.73 Å². The Bertz CT molecular complexity index is 373. The maximum atomic E-state index is 11.8. The lowest BCUT2D eigenvalue weighted by Crippen LogP contribution is -2.50. The second-order valence-corrected chi connectivity index (χ2v) is 6.23. The molecule has 2 aliphatic rings. The molecule has 2 aliphatic heterocycles. The number of hydrogen-bond donors (Lipinski definition) is 1. The number of nitrogens with zero attached hydrogens (tertiary/aromatic N) is 2. The van der Waals surface area contributed by atoms with Crippen LogP contribution >= 0.6 is 0 Å². The number of piperidine rings is 1. The van der Waals surface area contributed by atoms with Gasteiger partial charge in [0.1, 0.15) is 0 Å². The normalized spacial score (nSPS) is 36.4. The first-order chi connectivity index (χ1) is 7.04. The lowest BCUT2D eigenvalue weighted by atomic mass is 10.0. The van der Waals surface area contributed by atoms with E-state index in [1.54, 1.807) is 10.4 Å². The van der Waals surface area contributed by atoms with Gasteiger partial charge >= 0.3 is 0 Å². The van der Waals surface area contributed by atoms with E-state index in [9.17, 15) is 8.42 Å². The van der Waals surface area contributed by atoms with Crippen LogP contribution in [0.4, 0.5) is 0 Å². The van der Waals surface area contributed by atoms with Crippen LogP contribution in [0.25, 0.3) is 0 Å². The standard InChI is InChI=1S/C9H15N3O2S/c10-3-4-15(13,14)12-8-1-2-9(12)6-7(11)5-8/h7-9H,1-2,4-6,11H2. The number of rotatable bonds is 2. The van der Waals surface area contributed by atoms with Crippen LogP contribution in [0.1, 0.15) is 25.7 Å². The van der Waals surface area contributed by atoms with E-state index in [1.807, 2.05) is 0 Å². The third kappa shape index (κ3) is 1.87. The first-order valence-corrected chi connectivity index (χ1v) is 6.79. The molecule has 0 saturated carbocycles. The molecule has 0 aromatic rings. The fourth-order valence-electron chi connectivity index (χ4n) is 2.79. The summed E-state index contributed by atoms with van der Waals surface area (Å²) in [4.78, 5) is 0. The lowest BCUT2D eigenvalue weighted by molar-refractivity contribution is 0.228. The van der Waals surface area contributed by atoms with Gasteiger partial charge in [0.25, 0.3) is 0 Å². The third-order valence-electron chi connectivity index (χ3n) is 3.27. The van der Waals surface area contributed by atoms with Gasteiger partial charge in [-0.25, -0.2) is 8.42 Å². The fraction of sp³-hybridized carbons (Fsp3) is 0.889. The Morgan fingerprint density at radius 3 is 2.33 bits per heavy atom. The quantitative estimate of drug-likeness (QED) is 0.710. The molecule has 6 heteroatoms. The molecule has 0 spiro atoms. The lowest BCUT2D eigenvalue weighted by Gasteiger charge is -2.35. The van der Waals surface area contributed by atoms with Gasteiger partial charge in [-0.15, -0.1) is 0 Å². The topological polar surface area (TPSA) is 87.2 Å². The first kappa shape index (κ1) is 10.9. The van der Waals surface area contributed by atoms with E-state index >= 15 is 0 Å². The maximum absolute atomic E-state index is 11.8. The highest BCUT2D eigenvalue weighted by Crippen LogP contribution is 2.37. The van der Waals surface area contributed by atoms with Gasteiger partial charge in [0.2, 0.25) is 10.0 Å². The van der Waals surface area contributed by atoms with E-state index in [1.165, 1.54) is 0 Å². The average Bonchev–Trinajstić information content (AvgIpc) is 2.40. The van der Waals surface area contributed by atoms with Crippen LogP contribution in [0.5, 0.6) is 0 Å². The fourth-order valence-corrected chi connectivity index (χ4v) is 4.39. The van der Waals surface area contributed by atoms with Crippen molar-refractivity contribution in [2.24, 2.45) is 5.73 Å². The Hall–Kier alpha value is -0.640. The van der Waals surface area contributed by atoms with Crippen molar-refractivity contribution in [1.29, 1.82) is 5.26 Å². The third-order valence-corrected chi connectivity index (χ3v) is 5.00. The van der Waals surface area contributed by atoms with E-state index in [0.717, 1.165) is 25.7 Å². The molecule has 0 aromatic carbocycles. The molecule has 2 rings (SSSR count). The van der Waals surface area contributed by atoms with Gasteiger partial charge in [-0.3, -0.25) is 0 Å². The van der Waals surface area contributed by atoms with Crippen LogP contribution < -0.4 is 5.73 Å². The maximum Gasteiger partial charge on any atom is 0.228 e. The van der Waals surface area contributed by atoms with Gasteiger partial charge in [-0.2, -0.15) is 9.57 Å². The van der Waals surface area contributed by atoms with Crippen LogP contribution in [0.3, 0.4) is 0 Å². The van der Waals surface area contributed by atoms with Crippen molar-refractivity contribution in [3.63, 3.8) is 0 Å². The van der Waals surface area contributed by atoms with Crippen molar-refractivity contribution in [2.45, 2.75) is 43.8 Å². The number of hydrogen-bond acceptors (Lipinski definition) is 4. The summed E-state index contributed by atoms with van der Waals surface area (Å²) in [5.41, 5.74) is 5.85. The Morgan fingerprint density at radius 2 is 1.87 bits per heavy atom. The zero-order valence-corrected chi connectivity index (χ0v) is 9.28. The van der Waals surface area contributed by atoms with E-state index in [2.05, 4.69) is 0 Å². The predicted molar refractivity (Wildman–Crippen MR) is 55.3 cm³/mol.